The third-order valence-corrected chi connectivity index (χ3v) is 6.21. The number of amides is 1. The predicted molar refractivity (Wildman–Crippen MR) is 136 cm³/mol. The summed E-state index contributed by atoms with van der Waals surface area (Å²) in [7, 11) is 0. The van der Waals surface area contributed by atoms with E-state index >= 15 is 0 Å². The van der Waals surface area contributed by atoms with Gasteiger partial charge in [-0.3, -0.25) is 4.79 Å². The molecule has 0 aliphatic carbocycles. The highest BCUT2D eigenvalue weighted by molar-refractivity contribution is 5.96. The molecule has 0 radical (unpaired) electrons. The maximum atomic E-state index is 12.8. The first kappa shape index (κ1) is 28.1. The van der Waals surface area contributed by atoms with Crippen LogP contribution in [0.3, 0.4) is 0 Å². The van der Waals surface area contributed by atoms with Crippen LogP contribution >= 0.6 is 24.8 Å². The van der Waals surface area contributed by atoms with Crippen molar-refractivity contribution in [1.82, 2.24) is 15.6 Å². The second kappa shape index (κ2) is 13.1. The van der Waals surface area contributed by atoms with Crippen LogP contribution in [0.1, 0.15) is 41.3 Å². The zero-order valence-electron chi connectivity index (χ0n) is 19.3. The summed E-state index contributed by atoms with van der Waals surface area (Å²) < 4.78 is 5.65. The maximum Gasteiger partial charge on any atom is 0.256 e. The molecule has 0 spiro atoms. The quantitative estimate of drug-likeness (QED) is 0.449. The average molecular weight is 513 g/mol. The minimum atomic E-state index is -0.713. The highest BCUT2D eigenvalue weighted by atomic mass is 35.5. The summed E-state index contributed by atoms with van der Waals surface area (Å²) in [6, 6.07) is 11.6. The number of nitrogens with one attached hydrogen (secondary N) is 2. The summed E-state index contributed by atoms with van der Waals surface area (Å²) in [5, 5.41) is 26.6. The number of piperidine rings is 1. The maximum absolute atomic E-state index is 12.8. The van der Waals surface area contributed by atoms with E-state index in [2.05, 4.69) is 32.7 Å². The smallest absolute Gasteiger partial charge is 0.256 e. The molecule has 1 fully saturated rings. The van der Waals surface area contributed by atoms with Crippen LogP contribution in [-0.4, -0.2) is 65.6 Å². The second-order valence-corrected chi connectivity index (χ2v) is 8.41. The van der Waals surface area contributed by atoms with Crippen molar-refractivity contribution in [2.45, 2.75) is 51.0 Å². The fourth-order valence-corrected chi connectivity index (χ4v) is 4.31. The Kier molecular flexibility index (Phi) is 10.9. The number of ether oxygens (including phenoxy) is 1. The molecule has 8 nitrogen and oxygen atoms in total. The summed E-state index contributed by atoms with van der Waals surface area (Å²) in [5.41, 5.74) is 2.82. The number of halogens is 2. The van der Waals surface area contributed by atoms with E-state index in [9.17, 15) is 15.0 Å². The summed E-state index contributed by atoms with van der Waals surface area (Å²) in [5.74, 6) is 0.701. The molecule has 2 atom stereocenters. The molecule has 1 aromatic heterocycles. The minimum Gasteiger partial charge on any atom is -0.477 e. The number of nitrogens with zero attached hydrogens (tertiary/aromatic N) is 2. The third kappa shape index (κ3) is 6.73. The van der Waals surface area contributed by atoms with Crippen molar-refractivity contribution in [3.8, 4) is 5.88 Å². The Balaban J connectivity index is 0.00000204. The molecule has 188 valence electrons. The summed E-state index contributed by atoms with van der Waals surface area (Å²) in [6.07, 6.45) is 1.14. The lowest BCUT2D eigenvalue weighted by Crippen LogP contribution is -2.49. The van der Waals surface area contributed by atoms with Crippen LogP contribution in [-0.2, 0) is 13.0 Å². The molecule has 2 aromatic rings. The first-order valence-electron chi connectivity index (χ1n) is 11.4. The number of hydrogen-bond donors (Lipinski definition) is 4. The van der Waals surface area contributed by atoms with Crippen LogP contribution < -0.4 is 20.3 Å². The number of pyridine rings is 1. The van der Waals surface area contributed by atoms with Crippen molar-refractivity contribution in [1.29, 1.82) is 0 Å². The van der Waals surface area contributed by atoms with Gasteiger partial charge < -0.3 is 30.5 Å². The van der Waals surface area contributed by atoms with E-state index in [4.69, 9.17) is 4.74 Å². The van der Waals surface area contributed by atoms with Crippen LogP contribution in [0.5, 0.6) is 5.88 Å². The minimum absolute atomic E-state index is 0. The van der Waals surface area contributed by atoms with Crippen molar-refractivity contribution in [2.24, 2.45) is 0 Å². The number of fused-ring (bicyclic) bond motifs is 1. The number of rotatable bonds is 7. The Bertz CT molecular complexity index is 941. The number of aliphatic hydroxyl groups is 2. The SMILES string of the molecule is CCOc1nc(N2CCC(O)CC2)ccc1C(=O)NCC(O)C1Cc2ccccc2CN1.Cl.Cl. The van der Waals surface area contributed by atoms with E-state index in [0.29, 0.717) is 31.6 Å². The first-order valence-corrected chi connectivity index (χ1v) is 11.4. The summed E-state index contributed by atoms with van der Waals surface area (Å²) in [4.78, 5) is 19.5. The molecule has 1 aromatic carbocycles. The lowest BCUT2D eigenvalue weighted by molar-refractivity contribution is 0.0866. The van der Waals surface area contributed by atoms with Crippen LogP contribution in [0, 0.1) is 0 Å². The summed E-state index contributed by atoms with van der Waals surface area (Å²) >= 11 is 0. The number of hydrogen-bond acceptors (Lipinski definition) is 7. The van der Waals surface area contributed by atoms with E-state index in [1.165, 1.54) is 11.1 Å². The van der Waals surface area contributed by atoms with Gasteiger partial charge in [0.05, 0.1) is 18.8 Å². The van der Waals surface area contributed by atoms with Crippen molar-refractivity contribution in [3.05, 3.63) is 53.1 Å². The molecule has 4 rings (SSSR count). The van der Waals surface area contributed by atoms with Gasteiger partial charge in [0.1, 0.15) is 11.4 Å². The molecule has 4 N–H and O–H groups in total. The molecular weight excluding hydrogens is 479 g/mol. The lowest BCUT2D eigenvalue weighted by atomic mass is 9.93. The molecule has 10 heteroatoms. The highest BCUT2D eigenvalue weighted by Crippen LogP contribution is 2.24. The van der Waals surface area contributed by atoms with Crippen LogP contribution in [0.2, 0.25) is 0 Å². The molecule has 1 saturated heterocycles. The van der Waals surface area contributed by atoms with E-state index < -0.39 is 6.10 Å². The highest BCUT2D eigenvalue weighted by Gasteiger charge is 2.26. The average Bonchev–Trinajstić information content (AvgIpc) is 2.82. The van der Waals surface area contributed by atoms with Gasteiger partial charge in [-0.1, -0.05) is 24.3 Å². The molecule has 2 unspecified atom stereocenters. The monoisotopic (exact) mass is 512 g/mol. The second-order valence-electron chi connectivity index (χ2n) is 8.41. The standard InChI is InChI=1S/C24H32N4O4.2ClH/c1-2-32-24-19(7-8-22(27-24)28-11-9-18(29)10-12-28)23(31)26-15-21(30)20-13-16-5-3-4-6-17(16)14-25-20;;/h3-8,18,20-21,25,29-30H,2,9-15H2,1H3,(H,26,31);2*1H. The van der Waals surface area contributed by atoms with Gasteiger partial charge in [-0.15, -0.1) is 24.8 Å². The fourth-order valence-electron chi connectivity index (χ4n) is 4.31. The Morgan fingerprint density at radius 3 is 2.62 bits per heavy atom. The van der Waals surface area contributed by atoms with Crippen LogP contribution in [0.15, 0.2) is 36.4 Å². The van der Waals surface area contributed by atoms with E-state index in [-0.39, 0.29) is 55.3 Å². The topological polar surface area (TPSA) is 107 Å². The van der Waals surface area contributed by atoms with E-state index in [0.717, 1.165) is 25.3 Å². The van der Waals surface area contributed by atoms with Crippen molar-refractivity contribution in [3.63, 3.8) is 0 Å². The Morgan fingerprint density at radius 2 is 1.91 bits per heavy atom. The van der Waals surface area contributed by atoms with Crippen LogP contribution in [0.25, 0.3) is 0 Å². The van der Waals surface area contributed by atoms with Gasteiger partial charge in [-0.2, -0.15) is 4.98 Å². The molecule has 1 amide bonds. The molecule has 0 saturated carbocycles. The number of anilines is 1. The van der Waals surface area contributed by atoms with E-state index in [1.54, 1.807) is 6.07 Å². The number of carbonyl (C=O) groups excluding carboxylic acids is 1. The van der Waals surface area contributed by atoms with Gasteiger partial charge >= 0.3 is 0 Å². The molecule has 34 heavy (non-hydrogen) atoms. The molecular formula is C24H34Cl2N4O4. The van der Waals surface area contributed by atoms with Gasteiger partial charge in [0, 0.05) is 32.2 Å². The lowest BCUT2D eigenvalue weighted by Gasteiger charge is -2.31. The zero-order valence-corrected chi connectivity index (χ0v) is 20.9. The molecule has 2 aliphatic rings. The van der Waals surface area contributed by atoms with Crippen molar-refractivity contribution in [2.75, 3.05) is 31.1 Å². The number of benzene rings is 1. The Hall–Kier alpha value is -2.10. The Labute approximate surface area is 212 Å². The third-order valence-electron chi connectivity index (χ3n) is 6.21. The van der Waals surface area contributed by atoms with Gasteiger partial charge in [-0.05, 0) is 49.4 Å². The largest absolute Gasteiger partial charge is 0.477 e. The van der Waals surface area contributed by atoms with Crippen molar-refractivity contribution < 1.29 is 19.7 Å². The number of carbonyl (C=O) groups is 1. The van der Waals surface area contributed by atoms with Gasteiger partial charge in [0.2, 0.25) is 5.88 Å². The molecule has 0 bridgehead atoms. The predicted octanol–water partition coefficient (Wildman–Crippen LogP) is 2.09. The first-order chi connectivity index (χ1) is 15.5. The van der Waals surface area contributed by atoms with E-state index in [1.807, 2.05) is 25.1 Å². The molecule has 2 aliphatic heterocycles. The normalized spacial score (nSPS) is 18.7. The number of aliphatic hydroxyl groups excluding tert-OH is 2. The zero-order chi connectivity index (χ0) is 22.5. The number of aromatic nitrogens is 1. The Morgan fingerprint density at radius 1 is 1.21 bits per heavy atom. The molecule has 3 heterocycles. The van der Waals surface area contributed by atoms with Gasteiger partial charge in [0.25, 0.3) is 5.91 Å². The van der Waals surface area contributed by atoms with Gasteiger partial charge in [-0.25, -0.2) is 0 Å². The van der Waals surface area contributed by atoms with Crippen LogP contribution in [0.4, 0.5) is 5.82 Å². The van der Waals surface area contributed by atoms with Gasteiger partial charge in [0.15, 0.2) is 0 Å². The van der Waals surface area contributed by atoms with Crippen molar-refractivity contribution >= 4 is 36.5 Å². The fraction of sp³-hybridized carbons (Fsp3) is 0.500. The summed E-state index contributed by atoms with van der Waals surface area (Å²) in [6.45, 7) is 4.52.